The third-order valence-electron chi connectivity index (χ3n) is 3.70. The summed E-state index contributed by atoms with van der Waals surface area (Å²) in [5.74, 6) is 0.327. The lowest BCUT2D eigenvalue weighted by Gasteiger charge is -2.27. The largest absolute Gasteiger partial charge is 0.478 e. The van der Waals surface area contributed by atoms with Crippen molar-refractivity contribution < 1.29 is 14.6 Å². The van der Waals surface area contributed by atoms with Crippen LogP contribution in [0.2, 0.25) is 0 Å². The first-order valence-electron chi connectivity index (χ1n) is 8.82. The fourth-order valence-corrected chi connectivity index (χ4v) is 2.42. The molecule has 25 heavy (non-hydrogen) atoms. The normalized spacial score (nSPS) is 11.6. The number of carbonyl (C=O) groups is 1. The van der Waals surface area contributed by atoms with E-state index in [2.05, 4.69) is 25.3 Å². The van der Waals surface area contributed by atoms with E-state index in [1.807, 2.05) is 25.2 Å². The number of nitrogens with zero attached hydrogens (tertiary/aromatic N) is 1. The van der Waals surface area contributed by atoms with Crippen molar-refractivity contribution in [3.05, 3.63) is 60.4 Å². The Morgan fingerprint density at radius 1 is 1.28 bits per heavy atom. The maximum Gasteiger partial charge on any atom is 0.335 e. The van der Waals surface area contributed by atoms with Crippen LogP contribution in [0.5, 0.6) is 5.75 Å². The van der Waals surface area contributed by atoms with Gasteiger partial charge in [-0.2, -0.15) is 0 Å². The topological polar surface area (TPSA) is 49.8 Å². The summed E-state index contributed by atoms with van der Waals surface area (Å²) in [5.41, 5.74) is 1.07. The van der Waals surface area contributed by atoms with Gasteiger partial charge in [-0.05, 0) is 50.1 Å². The molecule has 4 heteroatoms. The second-order valence-corrected chi connectivity index (χ2v) is 5.73. The number of unbranched alkanes of at least 4 members (excludes halogenated alkanes) is 1. The first-order valence-corrected chi connectivity index (χ1v) is 8.82. The van der Waals surface area contributed by atoms with Crippen molar-refractivity contribution in [1.82, 2.24) is 0 Å². The zero-order valence-corrected chi connectivity index (χ0v) is 15.5. The first-order chi connectivity index (χ1) is 12.1. The Labute approximate surface area is 151 Å². The lowest BCUT2D eigenvalue weighted by molar-refractivity contribution is 0.0697. The molecule has 0 aromatic heterocycles. The molecule has 0 amide bonds. The van der Waals surface area contributed by atoms with Crippen LogP contribution in [-0.2, 0) is 0 Å². The molecule has 0 atom stereocenters. The third kappa shape index (κ3) is 6.49. The van der Waals surface area contributed by atoms with Gasteiger partial charge in [-0.25, -0.2) is 4.79 Å². The number of hydrogen-bond acceptors (Lipinski definition) is 3. The lowest BCUT2D eigenvalue weighted by atomic mass is 10.1. The van der Waals surface area contributed by atoms with Crippen LogP contribution in [0.1, 0.15) is 50.4 Å². The summed E-state index contributed by atoms with van der Waals surface area (Å²) in [7, 11) is 0. The van der Waals surface area contributed by atoms with Gasteiger partial charge < -0.3 is 14.7 Å². The summed E-state index contributed by atoms with van der Waals surface area (Å²) in [4.78, 5) is 13.6. The van der Waals surface area contributed by atoms with Crippen LogP contribution < -0.4 is 9.64 Å². The van der Waals surface area contributed by atoms with E-state index in [0.717, 1.165) is 38.0 Å². The maximum absolute atomic E-state index is 11.4. The number of carboxylic acid groups (broad SMARTS) is 1. The van der Waals surface area contributed by atoms with Crippen molar-refractivity contribution in [2.75, 3.05) is 18.0 Å². The summed E-state index contributed by atoms with van der Waals surface area (Å²) < 4.78 is 6.00. The zero-order valence-electron chi connectivity index (χ0n) is 15.5. The molecule has 0 fully saturated rings. The molecule has 0 saturated carbocycles. The average Bonchev–Trinajstić information content (AvgIpc) is 2.62. The van der Waals surface area contributed by atoms with E-state index in [0.29, 0.717) is 11.5 Å². The molecule has 4 nitrogen and oxygen atoms in total. The van der Waals surface area contributed by atoms with Crippen molar-refractivity contribution in [3.8, 4) is 5.75 Å². The van der Waals surface area contributed by atoms with Gasteiger partial charge >= 0.3 is 5.97 Å². The van der Waals surface area contributed by atoms with Crippen molar-refractivity contribution in [3.63, 3.8) is 0 Å². The van der Waals surface area contributed by atoms with Gasteiger partial charge in [0, 0.05) is 13.1 Å². The predicted octanol–water partition coefficient (Wildman–Crippen LogP) is 5.43. The third-order valence-corrected chi connectivity index (χ3v) is 3.70. The van der Waals surface area contributed by atoms with Gasteiger partial charge in [0.2, 0.25) is 0 Å². The van der Waals surface area contributed by atoms with Gasteiger partial charge in [-0.15, -0.1) is 0 Å². The van der Waals surface area contributed by atoms with Crippen molar-refractivity contribution >= 4 is 11.7 Å². The smallest absolute Gasteiger partial charge is 0.335 e. The molecule has 0 unspecified atom stereocenters. The van der Waals surface area contributed by atoms with Gasteiger partial charge in [-0.1, -0.05) is 39.0 Å². The SMILES string of the molecule is C=C/C(=C\C=C/C)Oc1ccc(C(=O)O)cc1N(CCC)CCCC. The fourth-order valence-electron chi connectivity index (χ4n) is 2.42. The molecule has 136 valence electrons. The predicted molar refractivity (Wildman–Crippen MR) is 105 cm³/mol. The summed E-state index contributed by atoms with van der Waals surface area (Å²) in [6.07, 6.45) is 10.4. The van der Waals surface area contributed by atoms with Crippen LogP contribution in [0.3, 0.4) is 0 Å². The summed E-state index contributed by atoms with van der Waals surface area (Å²) in [6.45, 7) is 11.7. The van der Waals surface area contributed by atoms with Gasteiger partial charge in [0.05, 0.1) is 11.3 Å². The zero-order chi connectivity index (χ0) is 18.7. The number of benzene rings is 1. The van der Waals surface area contributed by atoms with Crippen LogP contribution in [0.4, 0.5) is 5.69 Å². The molecule has 0 bridgehead atoms. The lowest BCUT2D eigenvalue weighted by Crippen LogP contribution is -2.26. The monoisotopic (exact) mass is 343 g/mol. The molecule has 0 saturated heterocycles. The number of rotatable bonds is 11. The van der Waals surface area contributed by atoms with Crippen LogP contribution in [0, 0.1) is 0 Å². The summed E-state index contributed by atoms with van der Waals surface area (Å²) >= 11 is 0. The molecular weight excluding hydrogens is 314 g/mol. The molecule has 1 rings (SSSR count). The quantitative estimate of drug-likeness (QED) is 0.430. The van der Waals surface area contributed by atoms with E-state index in [9.17, 15) is 9.90 Å². The first kappa shape index (κ1) is 20.6. The molecule has 1 aromatic carbocycles. The highest BCUT2D eigenvalue weighted by Gasteiger charge is 2.16. The van der Waals surface area contributed by atoms with Gasteiger partial charge in [-0.3, -0.25) is 0 Å². The number of carboxylic acids is 1. The molecule has 0 radical (unpaired) electrons. The second kappa shape index (κ2) is 11.1. The van der Waals surface area contributed by atoms with E-state index >= 15 is 0 Å². The Kier molecular flexibility index (Phi) is 9.15. The van der Waals surface area contributed by atoms with E-state index in [4.69, 9.17) is 4.74 Å². The number of aromatic carboxylic acids is 1. The summed E-state index contributed by atoms with van der Waals surface area (Å²) in [5, 5.41) is 9.34. The average molecular weight is 343 g/mol. The molecule has 0 aliphatic rings. The molecule has 0 heterocycles. The minimum Gasteiger partial charge on any atom is -0.478 e. The molecule has 0 aliphatic carbocycles. The van der Waals surface area contributed by atoms with E-state index in [1.54, 1.807) is 24.3 Å². The second-order valence-electron chi connectivity index (χ2n) is 5.73. The van der Waals surface area contributed by atoms with Crippen LogP contribution in [-0.4, -0.2) is 24.2 Å². The highest BCUT2D eigenvalue weighted by molar-refractivity contribution is 5.89. The Hall–Kier alpha value is -2.49. The van der Waals surface area contributed by atoms with Gasteiger partial charge in [0.25, 0.3) is 0 Å². The highest BCUT2D eigenvalue weighted by atomic mass is 16.5. The highest BCUT2D eigenvalue weighted by Crippen LogP contribution is 2.32. The van der Waals surface area contributed by atoms with E-state index < -0.39 is 5.97 Å². The van der Waals surface area contributed by atoms with Crippen LogP contribution in [0.15, 0.2) is 54.8 Å². The number of hydrogen-bond donors (Lipinski definition) is 1. The molecular formula is C21H29NO3. The Bertz CT molecular complexity index is 632. The fraction of sp³-hybridized carbons (Fsp3) is 0.381. The number of allylic oxidation sites excluding steroid dienone is 4. The Morgan fingerprint density at radius 3 is 2.60 bits per heavy atom. The molecule has 0 aliphatic heterocycles. The molecule has 1 N–H and O–H groups in total. The van der Waals surface area contributed by atoms with Crippen LogP contribution in [0.25, 0.3) is 0 Å². The van der Waals surface area contributed by atoms with Gasteiger partial charge in [0.1, 0.15) is 5.76 Å². The molecule has 1 aromatic rings. The van der Waals surface area contributed by atoms with E-state index in [1.165, 1.54) is 0 Å². The van der Waals surface area contributed by atoms with Crippen molar-refractivity contribution in [2.24, 2.45) is 0 Å². The van der Waals surface area contributed by atoms with Crippen LogP contribution >= 0.6 is 0 Å². The standard InChI is InChI=1S/C21H29NO3/c1-5-9-11-18(8-4)25-20-13-12-17(21(23)24)16-19(20)22(14-7-3)15-10-6-2/h5,8-9,11-13,16H,4,6-7,10,14-15H2,1-3H3,(H,23,24)/b9-5-,18-11+. The minimum atomic E-state index is -0.937. The molecule has 0 spiro atoms. The number of anilines is 1. The minimum absolute atomic E-state index is 0.262. The van der Waals surface area contributed by atoms with Gasteiger partial charge in [0.15, 0.2) is 5.75 Å². The number of ether oxygens (including phenoxy) is 1. The van der Waals surface area contributed by atoms with E-state index in [-0.39, 0.29) is 5.56 Å². The van der Waals surface area contributed by atoms with Crippen molar-refractivity contribution in [1.29, 1.82) is 0 Å². The Morgan fingerprint density at radius 2 is 2.04 bits per heavy atom. The Balaban J connectivity index is 3.29. The van der Waals surface area contributed by atoms with Crippen molar-refractivity contribution in [2.45, 2.75) is 40.0 Å². The maximum atomic E-state index is 11.4. The summed E-state index contributed by atoms with van der Waals surface area (Å²) in [6, 6.07) is 4.99.